The molecule has 1 rings (SSSR count). The van der Waals surface area contributed by atoms with Gasteiger partial charge in [0.25, 0.3) is 5.91 Å². The first-order valence-corrected chi connectivity index (χ1v) is 4.65. The fourth-order valence-electron chi connectivity index (χ4n) is 0.736. The van der Waals surface area contributed by atoms with Gasteiger partial charge in [0.05, 0.1) is 5.02 Å². The van der Waals surface area contributed by atoms with Crippen molar-refractivity contribution in [2.24, 2.45) is 0 Å². The van der Waals surface area contributed by atoms with Gasteiger partial charge in [-0.15, -0.1) is 0 Å². The van der Waals surface area contributed by atoms with Gasteiger partial charge in [-0.25, -0.2) is 0 Å². The fourth-order valence-corrected chi connectivity index (χ4v) is 1.15. The molecule has 0 aliphatic rings. The monoisotopic (exact) mass is 252 g/mol. The van der Waals surface area contributed by atoms with Crippen LogP contribution in [0.5, 0.6) is 5.88 Å². The maximum absolute atomic E-state index is 12.9. The lowest BCUT2D eigenvalue weighted by Gasteiger charge is -2.06. The predicted molar refractivity (Wildman–Crippen MR) is 53.8 cm³/mol. The second-order valence-electron chi connectivity index (χ2n) is 2.51. The molecule has 0 saturated heterocycles. The molecule has 0 aliphatic carbocycles. The standard InChI is InChI=1S/C8H7Cl2FN2O2/c1-12-6(14)3-15-8-5(10)2-4(9)7(11)13-8/h2H,3H2,1H3,(H,12,14). The van der Waals surface area contributed by atoms with Crippen LogP contribution in [-0.2, 0) is 4.79 Å². The molecule has 82 valence electrons. The Morgan fingerprint density at radius 3 is 2.87 bits per heavy atom. The maximum atomic E-state index is 12.9. The Bertz CT molecular complexity index is 387. The largest absolute Gasteiger partial charge is 0.466 e. The molecule has 0 spiro atoms. The van der Waals surface area contributed by atoms with Crippen molar-refractivity contribution in [3.05, 3.63) is 22.1 Å². The van der Waals surface area contributed by atoms with Gasteiger partial charge in [0.2, 0.25) is 11.8 Å². The van der Waals surface area contributed by atoms with E-state index in [9.17, 15) is 9.18 Å². The fraction of sp³-hybridized carbons (Fsp3) is 0.250. The van der Waals surface area contributed by atoms with Gasteiger partial charge in [0.15, 0.2) is 6.61 Å². The molecule has 1 aromatic heterocycles. The van der Waals surface area contributed by atoms with Crippen molar-refractivity contribution in [3.63, 3.8) is 0 Å². The van der Waals surface area contributed by atoms with E-state index in [1.807, 2.05) is 0 Å². The predicted octanol–water partition coefficient (Wildman–Crippen LogP) is 1.65. The average molecular weight is 253 g/mol. The number of halogens is 3. The van der Waals surface area contributed by atoms with Gasteiger partial charge in [-0.05, 0) is 6.07 Å². The van der Waals surface area contributed by atoms with Crippen LogP contribution < -0.4 is 10.1 Å². The molecular weight excluding hydrogens is 246 g/mol. The van der Waals surface area contributed by atoms with E-state index in [2.05, 4.69) is 10.3 Å². The highest BCUT2D eigenvalue weighted by Crippen LogP contribution is 2.26. The van der Waals surface area contributed by atoms with Gasteiger partial charge in [0, 0.05) is 7.05 Å². The molecule has 0 bridgehead atoms. The SMILES string of the molecule is CNC(=O)COc1nc(F)c(Cl)cc1Cl. The highest BCUT2D eigenvalue weighted by molar-refractivity contribution is 6.35. The number of ether oxygens (including phenoxy) is 1. The first kappa shape index (κ1) is 12.0. The summed E-state index contributed by atoms with van der Waals surface area (Å²) < 4.78 is 17.8. The minimum Gasteiger partial charge on any atom is -0.466 e. The minimum atomic E-state index is -0.895. The Morgan fingerprint density at radius 2 is 2.27 bits per heavy atom. The molecule has 4 nitrogen and oxygen atoms in total. The van der Waals surface area contributed by atoms with Crippen LogP contribution in [0.15, 0.2) is 6.07 Å². The van der Waals surface area contributed by atoms with Crippen LogP contribution in [0.1, 0.15) is 0 Å². The number of aromatic nitrogens is 1. The molecule has 0 unspecified atom stereocenters. The van der Waals surface area contributed by atoms with Gasteiger partial charge in [0.1, 0.15) is 5.02 Å². The lowest BCUT2D eigenvalue weighted by Crippen LogP contribution is -2.25. The van der Waals surface area contributed by atoms with E-state index in [-0.39, 0.29) is 28.4 Å². The second kappa shape index (κ2) is 5.14. The normalized spacial score (nSPS) is 9.87. The number of nitrogens with zero attached hydrogens (tertiary/aromatic N) is 1. The zero-order valence-electron chi connectivity index (χ0n) is 7.68. The van der Waals surface area contributed by atoms with E-state index in [0.717, 1.165) is 6.07 Å². The highest BCUT2D eigenvalue weighted by Gasteiger charge is 2.11. The van der Waals surface area contributed by atoms with Crippen LogP contribution in [0, 0.1) is 5.95 Å². The first-order chi connectivity index (χ1) is 7.04. The van der Waals surface area contributed by atoms with E-state index in [1.165, 1.54) is 7.05 Å². The average Bonchev–Trinajstić information content (AvgIpc) is 2.21. The molecule has 15 heavy (non-hydrogen) atoms. The summed E-state index contributed by atoms with van der Waals surface area (Å²) in [6, 6.07) is 1.16. The van der Waals surface area contributed by atoms with E-state index < -0.39 is 5.95 Å². The van der Waals surface area contributed by atoms with Crippen molar-refractivity contribution < 1.29 is 13.9 Å². The highest BCUT2D eigenvalue weighted by atomic mass is 35.5. The lowest BCUT2D eigenvalue weighted by molar-refractivity contribution is -0.122. The van der Waals surface area contributed by atoms with Crippen molar-refractivity contribution in [2.45, 2.75) is 0 Å². The van der Waals surface area contributed by atoms with Gasteiger partial charge < -0.3 is 10.1 Å². The van der Waals surface area contributed by atoms with Crippen LogP contribution in [0.4, 0.5) is 4.39 Å². The van der Waals surface area contributed by atoms with E-state index in [0.29, 0.717) is 0 Å². The molecule has 7 heteroatoms. The molecular formula is C8H7Cl2FN2O2. The molecule has 0 aliphatic heterocycles. The quantitative estimate of drug-likeness (QED) is 0.833. The van der Waals surface area contributed by atoms with Crippen molar-refractivity contribution in [1.82, 2.24) is 10.3 Å². The van der Waals surface area contributed by atoms with Gasteiger partial charge in [-0.2, -0.15) is 9.37 Å². The molecule has 1 amide bonds. The smallest absolute Gasteiger partial charge is 0.257 e. The zero-order chi connectivity index (χ0) is 11.4. The number of carbonyl (C=O) groups is 1. The summed E-state index contributed by atoms with van der Waals surface area (Å²) in [5.41, 5.74) is 0. The maximum Gasteiger partial charge on any atom is 0.257 e. The van der Waals surface area contributed by atoms with Crippen LogP contribution in [0.3, 0.4) is 0 Å². The number of pyridine rings is 1. The van der Waals surface area contributed by atoms with E-state index in [4.69, 9.17) is 27.9 Å². The van der Waals surface area contributed by atoms with Crippen LogP contribution >= 0.6 is 23.2 Å². The van der Waals surface area contributed by atoms with Crippen LogP contribution in [0.2, 0.25) is 10.0 Å². The summed E-state index contributed by atoms with van der Waals surface area (Å²) in [4.78, 5) is 14.2. The Hall–Kier alpha value is -1.07. The number of amides is 1. The molecule has 1 heterocycles. The van der Waals surface area contributed by atoms with E-state index >= 15 is 0 Å². The topological polar surface area (TPSA) is 51.2 Å². The number of likely N-dealkylation sites (N-methyl/N-ethyl adjacent to an activating group) is 1. The molecule has 0 atom stereocenters. The van der Waals surface area contributed by atoms with Gasteiger partial charge in [-0.3, -0.25) is 4.79 Å². The Kier molecular flexibility index (Phi) is 4.11. The lowest BCUT2D eigenvalue weighted by atomic mass is 10.5. The summed E-state index contributed by atoms with van der Waals surface area (Å²) in [5.74, 6) is -1.43. The number of rotatable bonds is 3. The summed E-state index contributed by atoms with van der Waals surface area (Å²) in [6.07, 6.45) is 0. The van der Waals surface area contributed by atoms with Gasteiger partial charge >= 0.3 is 0 Å². The number of carbonyl (C=O) groups excluding carboxylic acids is 1. The third-order valence-electron chi connectivity index (χ3n) is 1.47. The number of nitrogens with one attached hydrogen (secondary N) is 1. The molecule has 0 aromatic carbocycles. The van der Waals surface area contributed by atoms with Crippen molar-refractivity contribution in [1.29, 1.82) is 0 Å². The molecule has 0 saturated carbocycles. The Balaban J connectivity index is 2.77. The van der Waals surface area contributed by atoms with Crippen molar-refractivity contribution in [2.75, 3.05) is 13.7 Å². The summed E-state index contributed by atoms with van der Waals surface area (Å²) in [7, 11) is 1.45. The Labute approximate surface area is 95.3 Å². The van der Waals surface area contributed by atoms with Crippen LogP contribution in [0.25, 0.3) is 0 Å². The molecule has 1 N–H and O–H groups in total. The summed E-state index contributed by atoms with van der Waals surface area (Å²) in [6.45, 7) is -0.287. The molecule has 1 aromatic rings. The number of hydrogen-bond donors (Lipinski definition) is 1. The first-order valence-electron chi connectivity index (χ1n) is 3.89. The Morgan fingerprint density at radius 1 is 1.60 bits per heavy atom. The van der Waals surface area contributed by atoms with E-state index in [1.54, 1.807) is 0 Å². The third kappa shape index (κ3) is 3.21. The second-order valence-corrected chi connectivity index (χ2v) is 3.32. The molecule has 0 fully saturated rings. The van der Waals surface area contributed by atoms with Crippen molar-refractivity contribution >= 4 is 29.1 Å². The van der Waals surface area contributed by atoms with Crippen molar-refractivity contribution in [3.8, 4) is 5.88 Å². The van der Waals surface area contributed by atoms with Gasteiger partial charge in [-0.1, -0.05) is 23.2 Å². The summed E-state index contributed by atoms with van der Waals surface area (Å²) >= 11 is 11.1. The zero-order valence-corrected chi connectivity index (χ0v) is 9.19. The minimum absolute atomic E-state index is 0.0466. The molecule has 0 radical (unpaired) electrons. The summed E-state index contributed by atoms with van der Waals surface area (Å²) in [5, 5.41) is 2.17. The third-order valence-corrected chi connectivity index (χ3v) is 2.01. The van der Waals surface area contributed by atoms with Crippen LogP contribution in [-0.4, -0.2) is 24.5 Å². The number of hydrogen-bond acceptors (Lipinski definition) is 3.